The number of para-hydroxylation sites is 1. The summed E-state index contributed by atoms with van der Waals surface area (Å²) in [4.78, 5) is 2.31. The first kappa shape index (κ1) is 15.9. The van der Waals surface area contributed by atoms with Gasteiger partial charge in [0.1, 0.15) is 5.75 Å². The molecule has 1 atom stereocenters. The predicted octanol–water partition coefficient (Wildman–Crippen LogP) is 3.28. The van der Waals surface area contributed by atoms with Crippen LogP contribution in [0.4, 0.5) is 8.78 Å². The maximum absolute atomic E-state index is 12.8. The van der Waals surface area contributed by atoms with Gasteiger partial charge in [0, 0.05) is 31.7 Å². The monoisotopic (exact) mass is 318 g/mol. The number of benzene rings is 2. The molecule has 1 unspecified atom stereocenters. The minimum atomic E-state index is -2.82. The van der Waals surface area contributed by atoms with Gasteiger partial charge >= 0.3 is 6.61 Å². The SMILES string of the molecule is FC(F)Oc1ccccc1C(c1ccccc1)N1CCNCC1. The molecule has 1 fully saturated rings. The Morgan fingerprint density at radius 3 is 2.26 bits per heavy atom. The summed E-state index contributed by atoms with van der Waals surface area (Å²) in [5, 5.41) is 3.33. The molecule has 2 aromatic carbocycles. The van der Waals surface area contributed by atoms with Crippen molar-refractivity contribution in [2.75, 3.05) is 26.2 Å². The van der Waals surface area contributed by atoms with E-state index in [1.807, 2.05) is 42.5 Å². The van der Waals surface area contributed by atoms with Crippen molar-refractivity contribution in [3.05, 3.63) is 65.7 Å². The summed E-state index contributed by atoms with van der Waals surface area (Å²) in [6.07, 6.45) is 0. The largest absolute Gasteiger partial charge is 0.434 e. The molecule has 1 aliphatic heterocycles. The van der Waals surface area contributed by atoms with Crippen LogP contribution in [0, 0.1) is 0 Å². The maximum Gasteiger partial charge on any atom is 0.387 e. The van der Waals surface area contributed by atoms with Crippen molar-refractivity contribution < 1.29 is 13.5 Å². The van der Waals surface area contributed by atoms with Crippen LogP contribution < -0.4 is 10.1 Å². The van der Waals surface area contributed by atoms with E-state index in [1.54, 1.807) is 12.1 Å². The molecule has 0 spiro atoms. The predicted molar refractivity (Wildman–Crippen MR) is 85.8 cm³/mol. The number of piperazine rings is 1. The summed E-state index contributed by atoms with van der Waals surface area (Å²) < 4.78 is 30.3. The van der Waals surface area contributed by atoms with Crippen LogP contribution in [0.2, 0.25) is 0 Å². The normalized spacial score (nSPS) is 17.2. The number of nitrogens with zero attached hydrogens (tertiary/aromatic N) is 1. The van der Waals surface area contributed by atoms with E-state index < -0.39 is 6.61 Å². The second-order valence-electron chi connectivity index (χ2n) is 5.52. The Morgan fingerprint density at radius 2 is 1.57 bits per heavy atom. The molecule has 2 aromatic rings. The third kappa shape index (κ3) is 3.86. The fourth-order valence-electron chi connectivity index (χ4n) is 3.07. The van der Waals surface area contributed by atoms with Gasteiger partial charge in [0.25, 0.3) is 0 Å². The molecule has 1 saturated heterocycles. The average Bonchev–Trinajstić information content (AvgIpc) is 2.58. The van der Waals surface area contributed by atoms with Crippen LogP contribution in [0.1, 0.15) is 17.2 Å². The fourth-order valence-corrected chi connectivity index (χ4v) is 3.07. The number of hydrogen-bond acceptors (Lipinski definition) is 3. The van der Waals surface area contributed by atoms with E-state index in [9.17, 15) is 8.78 Å². The number of ether oxygens (including phenoxy) is 1. The summed E-state index contributed by atoms with van der Waals surface area (Å²) in [6.45, 7) is 0.684. The molecule has 5 heteroatoms. The molecule has 0 aliphatic carbocycles. The average molecular weight is 318 g/mol. The highest BCUT2D eigenvalue weighted by molar-refractivity contribution is 5.41. The Labute approximate surface area is 134 Å². The Hall–Kier alpha value is -1.98. The van der Waals surface area contributed by atoms with E-state index in [-0.39, 0.29) is 11.8 Å². The molecule has 0 radical (unpaired) electrons. The molecule has 0 aromatic heterocycles. The van der Waals surface area contributed by atoms with E-state index in [0.29, 0.717) is 0 Å². The molecule has 1 heterocycles. The Kier molecular flexibility index (Phi) is 5.20. The lowest BCUT2D eigenvalue weighted by molar-refractivity contribution is -0.0510. The summed E-state index contributed by atoms with van der Waals surface area (Å²) in [5.41, 5.74) is 1.86. The van der Waals surface area contributed by atoms with Crippen molar-refractivity contribution in [2.24, 2.45) is 0 Å². The summed E-state index contributed by atoms with van der Waals surface area (Å²) in [6, 6.07) is 17.0. The van der Waals surface area contributed by atoms with Crippen molar-refractivity contribution in [3.8, 4) is 5.75 Å². The quantitative estimate of drug-likeness (QED) is 0.915. The van der Waals surface area contributed by atoms with Gasteiger partial charge in [-0.2, -0.15) is 8.78 Å². The van der Waals surface area contributed by atoms with Crippen LogP contribution in [0.25, 0.3) is 0 Å². The van der Waals surface area contributed by atoms with Crippen molar-refractivity contribution in [1.29, 1.82) is 0 Å². The summed E-state index contributed by atoms with van der Waals surface area (Å²) in [5.74, 6) is 0.245. The molecule has 1 aliphatic rings. The van der Waals surface area contributed by atoms with Crippen LogP contribution in [-0.4, -0.2) is 37.7 Å². The first-order valence-corrected chi connectivity index (χ1v) is 7.79. The van der Waals surface area contributed by atoms with E-state index in [1.165, 1.54) is 0 Å². The molecule has 1 N–H and O–H groups in total. The van der Waals surface area contributed by atoms with Crippen LogP contribution in [0.3, 0.4) is 0 Å². The highest BCUT2D eigenvalue weighted by Crippen LogP contribution is 2.35. The second kappa shape index (κ2) is 7.53. The maximum atomic E-state index is 12.8. The van der Waals surface area contributed by atoms with Gasteiger partial charge in [-0.05, 0) is 11.6 Å². The Balaban J connectivity index is 2.01. The summed E-state index contributed by atoms with van der Waals surface area (Å²) in [7, 11) is 0. The van der Waals surface area contributed by atoms with Crippen LogP contribution >= 0.6 is 0 Å². The molecule has 3 nitrogen and oxygen atoms in total. The Morgan fingerprint density at radius 1 is 0.913 bits per heavy atom. The molecule has 0 bridgehead atoms. The molecular formula is C18H20F2N2O. The molecular weight excluding hydrogens is 298 g/mol. The van der Waals surface area contributed by atoms with E-state index in [4.69, 9.17) is 4.74 Å². The molecule has 23 heavy (non-hydrogen) atoms. The number of halogens is 2. The smallest absolute Gasteiger partial charge is 0.387 e. The molecule has 3 rings (SSSR count). The highest BCUT2D eigenvalue weighted by atomic mass is 19.3. The van der Waals surface area contributed by atoms with Crippen molar-refractivity contribution in [2.45, 2.75) is 12.7 Å². The van der Waals surface area contributed by atoms with Gasteiger partial charge in [-0.1, -0.05) is 48.5 Å². The molecule has 122 valence electrons. The van der Waals surface area contributed by atoms with Crippen molar-refractivity contribution >= 4 is 0 Å². The standard InChI is InChI=1S/C18H20F2N2O/c19-18(20)23-16-9-5-4-8-15(16)17(14-6-2-1-3-7-14)22-12-10-21-11-13-22/h1-9,17-18,21H,10-13H2. The zero-order chi connectivity index (χ0) is 16.1. The van der Waals surface area contributed by atoms with Gasteiger partial charge in [-0.3, -0.25) is 4.90 Å². The second-order valence-corrected chi connectivity index (χ2v) is 5.52. The Bertz CT molecular complexity index is 615. The van der Waals surface area contributed by atoms with Gasteiger partial charge in [0.2, 0.25) is 0 Å². The van der Waals surface area contributed by atoms with Crippen LogP contribution in [-0.2, 0) is 0 Å². The van der Waals surface area contributed by atoms with Crippen LogP contribution in [0.15, 0.2) is 54.6 Å². The highest BCUT2D eigenvalue weighted by Gasteiger charge is 2.26. The lowest BCUT2D eigenvalue weighted by atomic mass is 9.95. The van der Waals surface area contributed by atoms with Gasteiger partial charge in [-0.15, -0.1) is 0 Å². The van der Waals surface area contributed by atoms with Gasteiger partial charge in [0.05, 0.1) is 6.04 Å². The van der Waals surface area contributed by atoms with Gasteiger partial charge < -0.3 is 10.1 Å². The molecule has 0 saturated carbocycles. The van der Waals surface area contributed by atoms with E-state index in [0.717, 1.165) is 37.3 Å². The van der Waals surface area contributed by atoms with E-state index >= 15 is 0 Å². The topological polar surface area (TPSA) is 24.5 Å². The lowest BCUT2D eigenvalue weighted by Gasteiger charge is -2.36. The fraction of sp³-hybridized carbons (Fsp3) is 0.333. The van der Waals surface area contributed by atoms with Gasteiger partial charge in [0.15, 0.2) is 0 Å². The number of hydrogen-bond donors (Lipinski definition) is 1. The third-order valence-corrected chi connectivity index (χ3v) is 4.06. The van der Waals surface area contributed by atoms with E-state index in [2.05, 4.69) is 10.2 Å². The minimum Gasteiger partial charge on any atom is -0.434 e. The first-order valence-electron chi connectivity index (χ1n) is 7.79. The zero-order valence-electron chi connectivity index (χ0n) is 12.8. The zero-order valence-corrected chi connectivity index (χ0v) is 12.8. The van der Waals surface area contributed by atoms with Gasteiger partial charge in [-0.25, -0.2) is 0 Å². The third-order valence-electron chi connectivity index (χ3n) is 4.06. The number of rotatable bonds is 5. The minimum absolute atomic E-state index is 0.0896. The number of alkyl halides is 2. The molecule has 0 amide bonds. The van der Waals surface area contributed by atoms with Crippen molar-refractivity contribution in [3.63, 3.8) is 0 Å². The lowest BCUT2D eigenvalue weighted by Crippen LogP contribution is -2.45. The van der Waals surface area contributed by atoms with Crippen LogP contribution in [0.5, 0.6) is 5.75 Å². The van der Waals surface area contributed by atoms with Crippen molar-refractivity contribution in [1.82, 2.24) is 10.2 Å². The first-order chi connectivity index (χ1) is 11.3. The number of nitrogens with one attached hydrogen (secondary N) is 1. The summed E-state index contributed by atoms with van der Waals surface area (Å²) >= 11 is 0.